The summed E-state index contributed by atoms with van der Waals surface area (Å²) in [5.41, 5.74) is 2.10. The van der Waals surface area contributed by atoms with Crippen molar-refractivity contribution in [3.05, 3.63) is 148 Å². The first-order valence-electron chi connectivity index (χ1n) is 14.0. The van der Waals surface area contributed by atoms with Gasteiger partial charge in [0, 0.05) is 11.9 Å². The van der Waals surface area contributed by atoms with E-state index in [9.17, 15) is 14.0 Å². The molecule has 0 aliphatic rings. The van der Waals surface area contributed by atoms with Crippen molar-refractivity contribution in [2.45, 2.75) is 25.9 Å². The molecule has 6 aromatic rings. The number of hydrogen-bond donors (Lipinski definition) is 1. The highest BCUT2D eigenvalue weighted by Gasteiger charge is 2.30. The molecular formula is C35H28ClFN4O2. The fourth-order valence-corrected chi connectivity index (χ4v) is 5.59. The van der Waals surface area contributed by atoms with Crippen LogP contribution in [0.5, 0.6) is 0 Å². The number of urea groups is 1. The Morgan fingerprint density at radius 2 is 1.60 bits per heavy atom. The molecule has 8 heteroatoms. The fourth-order valence-electron chi connectivity index (χ4n) is 5.41. The Labute approximate surface area is 253 Å². The summed E-state index contributed by atoms with van der Waals surface area (Å²) in [6.45, 7) is 2.19. The Hall–Kier alpha value is -5.01. The highest BCUT2D eigenvalue weighted by molar-refractivity contribution is 6.30. The van der Waals surface area contributed by atoms with E-state index in [-0.39, 0.29) is 23.2 Å². The summed E-state index contributed by atoms with van der Waals surface area (Å²) in [7, 11) is 0. The van der Waals surface area contributed by atoms with Gasteiger partial charge < -0.3 is 10.2 Å². The van der Waals surface area contributed by atoms with Crippen molar-refractivity contribution in [3.8, 4) is 5.69 Å². The second-order valence-corrected chi connectivity index (χ2v) is 10.6. The van der Waals surface area contributed by atoms with E-state index in [1.807, 2.05) is 85.8 Å². The predicted octanol–water partition coefficient (Wildman–Crippen LogP) is 8.52. The molecule has 1 heterocycles. The van der Waals surface area contributed by atoms with Crippen LogP contribution in [0.3, 0.4) is 0 Å². The quantitative estimate of drug-likeness (QED) is 0.203. The van der Waals surface area contributed by atoms with Gasteiger partial charge >= 0.3 is 6.03 Å². The van der Waals surface area contributed by atoms with Gasteiger partial charge in [-0.3, -0.25) is 9.36 Å². The van der Waals surface area contributed by atoms with Crippen LogP contribution < -0.4 is 10.9 Å². The lowest BCUT2D eigenvalue weighted by Gasteiger charge is -2.32. The zero-order chi connectivity index (χ0) is 29.9. The first-order chi connectivity index (χ1) is 20.9. The van der Waals surface area contributed by atoms with Crippen LogP contribution >= 0.6 is 11.6 Å². The molecular weight excluding hydrogens is 563 g/mol. The minimum absolute atomic E-state index is 0.119. The second-order valence-electron chi connectivity index (χ2n) is 10.2. The van der Waals surface area contributed by atoms with Gasteiger partial charge in [0.15, 0.2) is 0 Å². The number of benzene rings is 5. The van der Waals surface area contributed by atoms with Gasteiger partial charge in [0.1, 0.15) is 11.6 Å². The zero-order valence-electron chi connectivity index (χ0n) is 23.4. The molecule has 0 spiro atoms. The van der Waals surface area contributed by atoms with Gasteiger partial charge in [-0.2, -0.15) is 0 Å². The number of anilines is 1. The minimum Gasteiger partial charge on any atom is -0.310 e. The molecule has 2 amide bonds. The van der Waals surface area contributed by atoms with E-state index in [1.165, 1.54) is 22.8 Å². The first-order valence-corrected chi connectivity index (χ1v) is 14.4. The number of hydrogen-bond acceptors (Lipinski definition) is 3. The minimum atomic E-state index is -0.642. The van der Waals surface area contributed by atoms with E-state index in [4.69, 9.17) is 16.6 Å². The van der Waals surface area contributed by atoms with Crippen LogP contribution in [0.15, 0.2) is 120 Å². The largest absolute Gasteiger partial charge is 0.322 e. The Balaban J connectivity index is 1.52. The fraction of sp³-hybridized carbons (Fsp3) is 0.114. The summed E-state index contributed by atoms with van der Waals surface area (Å²) < 4.78 is 15.6. The summed E-state index contributed by atoms with van der Waals surface area (Å²) >= 11 is 6.17. The maximum absolute atomic E-state index is 14.3. The van der Waals surface area contributed by atoms with Gasteiger partial charge in [-0.15, -0.1) is 0 Å². The molecule has 0 saturated carbocycles. The highest BCUT2D eigenvalue weighted by atomic mass is 35.5. The van der Waals surface area contributed by atoms with Crippen molar-refractivity contribution in [3.63, 3.8) is 0 Å². The molecule has 1 aromatic heterocycles. The average molecular weight is 591 g/mol. The number of nitrogens with zero attached hydrogens (tertiary/aromatic N) is 3. The van der Waals surface area contributed by atoms with Crippen molar-refractivity contribution >= 4 is 45.0 Å². The molecule has 0 aliphatic heterocycles. The standard InChI is InChI=1S/C35H28ClFN4O2/c1-2-32(33-38-31-17-9-8-16-27(31)34(42)41(33)25-19-20-29(37)28(36)21-25)40(22-23-11-4-3-5-12-23)35(43)39-30-18-10-14-24-13-6-7-15-26(24)30/h3-21,32H,2,22H2,1H3,(H,39,43). The molecule has 0 aliphatic carbocycles. The molecule has 0 saturated heterocycles. The maximum atomic E-state index is 14.3. The number of carbonyl (C=O) groups excluding carboxylic acids is 1. The van der Waals surface area contributed by atoms with Crippen molar-refractivity contribution in [2.75, 3.05) is 5.32 Å². The van der Waals surface area contributed by atoms with Crippen molar-refractivity contribution < 1.29 is 9.18 Å². The molecule has 214 valence electrons. The third-order valence-electron chi connectivity index (χ3n) is 7.51. The van der Waals surface area contributed by atoms with E-state index < -0.39 is 11.9 Å². The number of halogens is 2. The first kappa shape index (κ1) is 28.1. The van der Waals surface area contributed by atoms with Gasteiger partial charge in [0.25, 0.3) is 5.56 Å². The predicted molar refractivity (Wildman–Crippen MR) is 170 cm³/mol. The number of fused-ring (bicyclic) bond motifs is 2. The lowest BCUT2D eigenvalue weighted by molar-refractivity contribution is 0.177. The molecule has 6 rings (SSSR count). The van der Waals surface area contributed by atoms with E-state index in [1.54, 1.807) is 23.1 Å². The zero-order valence-corrected chi connectivity index (χ0v) is 24.1. The Kier molecular flexibility index (Phi) is 7.90. The SMILES string of the molecule is CCC(c1nc2ccccc2c(=O)n1-c1ccc(F)c(Cl)c1)N(Cc1ccccc1)C(=O)Nc1cccc2ccccc12. The van der Waals surface area contributed by atoms with Crippen LogP contribution in [0.25, 0.3) is 27.4 Å². The number of aromatic nitrogens is 2. The molecule has 43 heavy (non-hydrogen) atoms. The molecule has 0 fully saturated rings. The molecule has 0 radical (unpaired) electrons. The monoisotopic (exact) mass is 590 g/mol. The highest BCUT2D eigenvalue weighted by Crippen LogP contribution is 2.31. The van der Waals surface area contributed by atoms with Crippen LogP contribution in [0.1, 0.15) is 30.8 Å². The van der Waals surface area contributed by atoms with Crippen LogP contribution in [0.2, 0.25) is 5.02 Å². The summed E-state index contributed by atoms with van der Waals surface area (Å²) in [6.07, 6.45) is 0.440. The van der Waals surface area contributed by atoms with Gasteiger partial charge in [-0.25, -0.2) is 14.2 Å². The van der Waals surface area contributed by atoms with Crippen molar-refractivity contribution in [1.29, 1.82) is 0 Å². The normalized spacial score (nSPS) is 11.9. The number of rotatable bonds is 7. The lowest BCUT2D eigenvalue weighted by atomic mass is 10.1. The average Bonchev–Trinajstić information content (AvgIpc) is 3.03. The third kappa shape index (κ3) is 5.59. The summed E-state index contributed by atoms with van der Waals surface area (Å²) in [5.74, 6) is -0.251. The van der Waals surface area contributed by atoms with E-state index in [2.05, 4.69) is 5.32 Å². The van der Waals surface area contributed by atoms with Gasteiger partial charge in [0.05, 0.1) is 33.3 Å². The summed E-state index contributed by atoms with van der Waals surface area (Å²) in [4.78, 5) is 34.9. The summed E-state index contributed by atoms with van der Waals surface area (Å²) in [6, 6.07) is 33.4. The smallest absolute Gasteiger partial charge is 0.310 e. The van der Waals surface area contributed by atoms with Crippen LogP contribution in [0, 0.1) is 5.82 Å². The molecule has 5 aromatic carbocycles. The van der Waals surface area contributed by atoms with Crippen LogP contribution in [-0.2, 0) is 6.54 Å². The third-order valence-corrected chi connectivity index (χ3v) is 7.80. The van der Waals surface area contributed by atoms with E-state index >= 15 is 0 Å². The molecule has 1 unspecified atom stereocenters. The van der Waals surface area contributed by atoms with Gasteiger partial charge in [0.2, 0.25) is 0 Å². The van der Waals surface area contributed by atoms with Crippen LogP contribution in [-0.4, -0.2) is 20.5 Å². The van der Waals surface area contributed by atoms with Gasteiger partial charge in [-0.05, 0) is 53.8 Å². The Morgan fingerprint density at radius 3 is 2.37 bits per heavy atom. The molecule has 1 N–H and O–H groups in total. The van der Waals surface area contributed by atoms with Crippen molar-refractivity contribution in [2.24, 2.45) is 0 Å². The number of nitrogens with one attached hydrogen (secondary N) is 1. The molecule has 0 bridgehead atoms. The Morgan fingerprint density at radius 1 is 0.907 bits per heavy atom. The Bertz CT molecular complexity index is 2010. The number of amides is 2. The van der Waals surface area contributed by atoms with Crippen LogP contribution in [0.4, 0.5) is 14.9 Å². The van der Waals surface area contributed by atoms with Crippen molar-refractivity contribution in [1.82, 2.24) is 14.5 Å². The molecule has 6 nitrogen and oxygen atoms in total. The number of carbonyl (C=O) groups is 1. The maximum Gasteiger partial charge on any atom is 0.322 e. The summed E-state index contributed by atoms with van der Waals surface area (Å²) in [5, 5.41) is 5.31. The van der Waals surface area contributed by atoms with Gasteiger partial charge in [-0.1, -0.05) is 97.4 Å². The second kappa shape index (κ2) is 12.1. The molecule has 1 atom stereocenters. The van der Waals surface area contributed by atoms with E-state index in [0.717, 1.165) is 16.3 Å². The van der Waals surface area contributed by atoms with E-state index in [0.29, 0.717) is 34.5 Å². The lowest BCUT2D eigenvalue weighted by Crippen LogP contribution is -2.40. The number of para-hydroxylation sites is 1. The topological polar surface area (TPSA) is 67.2 Å².